The Balaban J connectivity index is 1.91. The van der Waals surface area contributed by atoms with Crippen molar-refractivity contribution in [3.8, 4) is 0 Å². The van der Waals surface area contributed by atoms with Crippen molar-refractivity contribution in [3.05, 3.63) is 34.1 Å². The van der Waals surface area contributed by atoms with Crippen LogP contribution in [-0.4, -0.2) is 18.2 Å². The van der Waals surface area contributed by atoms with E-state index in [1.165, 1.54) is 0 Å². The molecule has 1 aromatic rings. The summed E-state index contributed by atoms with van der Waals surface area (Å²) in [5.74, 6) is -0.201. The van der Waals surface area contributed by atoms with Gasteiger partial charge in [-0.3, -0.25) is 0 Å². The van der Waals surface area contributed by atoms with E-state index in [1.54, 1.807) is 12.1 Å². The minimum absolute atomic E-state index is 0.0287. The molecule has 0 bridgehead atoms. The van der Waals surface area contributed by atoms with Gasteiger partial charge in [0.25, 0.3) is 0 Å². The van der Waals surface area contributed by atoms with Crippen LogP contribution in [0.5, 0.6) is 0 Å². The normalized spacial score (nSPS) is 21.9. The Kier molecular flexibility index (Phi) is 5.58. The molecule has 2 nitrogen and oxygen atoms in total. The van der Waals surface area contributed by atoms with Crippen molar-refractivity contribution < 1.29 is 9.13 Å². The Bertz CT molecular complexity index is 448. The molecule has 1 fully saturated rings. The van der Waals surface area contributed by atoms with Crippen molar-refractivity contribution in [2.45, 2.75) is 57.7 Å². The zero-order chi connectivity index (χ0) is 14.6. The number of rotatable bonds is 5. The Hall–Kier alpha value is -0.450. The maximum atomic E-state index is 13.5. The first-order valence-electron chi connectivity index (χ1n) is 7.40. The van der Waals surface area contributed by atoms with Crippen LogP contribution < -0.4 is 5.32 Å². The van der Waals surface area contributed by atoms with E-state index in [0.29, 0.717) is 17.1 Å². The van der Waals surface area contributed by atoms with Crippen LogP contribution >= 0.6 is 15.9 Å². The smallest absolute Gasteiger partial charge is 0.137 e. The Morgan fingerprint density at radius 2 is 2.15 bits per heavy atom. The SMILES string of the molecule is CCC1(CC)CC(NCc2ccc(Br)c(F)c2)CCO1. The Morgan fingerprint density at radius 1 is 1.40 bits per heavy atom. The largest absolute Gasteiger partial charge is 0.375 e. The fraction of sp³-hybridized carbons (Fsp3) is 0.625. The standard InChI is InChI=1S/C16H23BrFNO/c1-3-16(4-2)10-13(7-8-20-16)19-11-12-5-6-14(17)15(18)9-12/h5-6,9,13,19H,3-4,7-8,10-11H2,1-2H3. The molecule has 0 radical (unpaired) electrons. The van der Waals surface area contributed by atoms with E-state index in [0.717, 1.165) is 37.9 Å². The Morgan fingerprint density at radius 3 is 2.80 bits per heavy atom. The summed E-state index contributed by atoms with van der Waals surface area (Å²) >= 11 is 3.18. The predicted octanol–water partition coefficient (Wildman–Crippen LogP) is 4.42. The van der Waals surface area contributed by atoms with Crippen molar-refractivity contribution in [3.63, 3.8) is 0 Å². The van der Waals surface area contributed by atoms with E-state index in [-0.39, 0.29) is 11.4 Å². The number of nitrogens with one attached hydrogen (secondary N) is 1. The summed E-state index contributed by atoms with van der Waals surface area (Å²) < 4.78 is 20.0. The molecule has 20 heavy (non-hydrogen) atoms. The third-order valence-electron chi connectivity index (χ3n) is 4.36. The number of hydrogen-bond acceptors (Lipinski definition) is 2. The molecule has 1 aliphatic heterocycles. The third kappa shape index (κ3) is 3.80. The molecule has 1 N–H and O–H groups in total. The van der Waals surface area contributed by atoms with E-state index < -0.39 is 0 Å². The lowest BCUT2D eigenvalue weighted by atomic mass is 9.86. The average molecular weight is 344 g/mol. The summed E-state index contributed by atoms with van der Waals surface area (Å²) in [7, 11) is 0. The van der Waals surface area contributed by atoms with Gasteiger partial charge in [0.05, 0.1) is 10.1 Å². The minimum atomic E-state index is -0.201. The first-order valence-corrected chi connectivity index (χ1v) is 8.19. The highest BCUT2D eigenvalue weighted by Crippen LogP contribution is 2.31. The van der Waals surface area contributed by atoms with Crippen LogP contribution in [0.4, 0.5) is 4.39 Å². The molecule has 4 heteroatoms. The van der Waals surface area contributed by atoms with Crippen LogP contribution in [0, 0.1) is 5.82 Å². The van der Waals surface area contributed by atoms with E-state index in [2.05, 4.69) is 35.1 Å². The molecule has 1 aliphatic rings. The second-order valence-corrected chi connectivity index (χ2v) is 6.41. The topological polar surface area (TPSA) is 21.3 Å². The van der Waals surface area contributed by atoms with Crippen LogP contribution in [0.1, 0.15) is 45.1 Å². The van der Waals surface area contributed by atoms with Gasteiger partial charge in [0.1, 0.15) is 5.82 Å². The van der Waals surface area contributed by atoms with Gasteiger partial charge >= 0.3 is 0 Å². The second-order valence-electron chi connectivity index (χ2n) is 5.56. The average Bonchev–Trinajstić information content (AvgIpc) is 2.48. The fourth-order valence-electron chi connectivity index (χ4n) is 2.86. The van der Waals surface area contributed by atoms with Gasteiger partial charge in [0.15, 0.2) is 0 Å². The van der Waals surface area contributed by atoms with Crippen molar-refractivity contribution in [2.24, 2.45) is 0 Å². The molecule has 1 aromatic carbocycles. The lowest BCUT2D eigenvalue weighted by Crippen LogP contribution is -2.46. The summed E-state index contributed by atoms with van der Waals surface area (Å²) in [5.41, 5.74) is 1.01. The van der Waals surface area contributed by atoms with Gasteiger partial charge in [-0.25, -0.2) is 4.39 Å². The van der Waals surface area contributed by atoms with Crippen molar-refractivity contribution in [1.29, 1.82) is 0 Å². The zero-order valence-corrected chi connectivity index (χ0v) is 13.8. The highest BCUT2D eigenvalue weighted by atomic mass is 79.9. The number of benzene rings is 1. The van der Waals surface area contributed by atoms with Crippen molar-refractivity contribution in [1.82, 2.24) is 5.32 Å². The quantitative estimate of drug-likeness (QED) is 0.854. The van der Waals surface area contributed by atoms with Crippen LogP contribution in [0.15, 0.2) is 22.7 Å². The summed E-state index contributed by atoms with van der Waals surface area (Å²) in [5, 5.41) is 3.55. The first kappa shape index (κ1) is 15.9. The van der Waals surface area contributed by atoms with Gasteiger partial charge in [-0.2, -0.15) is 0 Å². The van der Waals surface area contributed by atoms with Crippen molar-refractivity contribution >= 4 is 15.9 Å². The monoisotopic (exact) mass is 343 g/mol. The maximum absolute atomic E-state index is 13.5. The molecule has 0 amide bonds. The summed E-state index contributed by atoms with van der Waals surface area (Å²) in [4.78, 5) is 0. The molecule has 1 atom stereocenters. The summed E-state index contributed by atoms with van der Waals surface area (Å²) in [6, 6.07) is 5.75. The highest BCUT2D eigenvalue weighted by molar-refractivity contribution is 9.10. The molecule has 1 heterocycles. The first-order chi connectivity index (χ1) is 9.58. The van der Waals surface area contributed by atoms with E-state index in [9.17, 15) is 4.39 Å². The van der Waals surface area contributed by atoms with Crippen LogP contribution in [-0.2, 0) is 11.3 Å². The van der Waals surface area contributed by atoms with Crippen LogP contribution in [0.2, 0.25) is 0 Å². The Labute approximate surface area is 129 Å². The van der Waals surface area contributed by atoms with Gasteiger partial charge < -0.3 is 10.1 Å². The van der Waals surface area contributed by atoms with Crippen molar-refractivity contribution in [2.75, 3.05) is 6.61 Å². The lowest BCUT2D eigenvalue weighted by molar-refractivity contribution is -0.0932. The number of hydrogen-bond donors (Lipinski definition) is 1. The van der Waals surface area contributed by atoms with E-state index in [4.69, 9.17) is 4.74 Å². The van der Waals surface area contributed by atoms with Gasteiger partial charge in [-0.05, 0) is 59.3 Å². The summed E-state index contributed by atoms with van der Waals surface area (Å²) in [6.07, 6.45) is 4.17. The minimum Gasteiger partial charge on any atom is -0.375 e. The van der Waals surface area contributed by atoms with Crippen LogP contribution in [0.3, 0.4) is 0 Å². The van der Waals surface area contributed by atoms with Gasteiger partial charge in [0.2, 0.25) is 0 Å². The van der Waals surface area contributed by atoms with E-state index in [1.807, 2.05) is 6.07 Å². The maximum Gasteiger partial charge on any atom is 0.137 e. The van der Waals surface area contributed by atoms with Crippen LogP contribution in [0.25, 0.3) is 0 Å². The van der Waals surface area contributed by atoms with Gasteiger partial charge in [-0.15, -0.1) is 0 Å². The molecule has 1 unspecified atom stereocenters. The molecule has 2 rings (SSSR count). The molecule has 0 aromatic heterocycles. The second kappa shape index (κ2) is 7.01. The lowest BCUT2D eigenvalue weighted by Gasteiger charge is -2.40. The molecular formula is C16H23BrFNO. The molecule has 0 saturated carbocycles. The van der Waals surface area contributed by atoms with E-state index >= 15 is 0 Å². The van der Waals surface area contributed by atoms with Gasteiger partial charge in [0, 0.05) is 19.2 Å². The fourth-order valence-corrected chi connectivity index (χ4v) is 3.10. The molecular weight excluding hydrogens is 321 g/mol. The molecule has 0 spiro atoms. The predicted molar refractivity (Wildman–Crippen MR) is 83.2 cm³/mol. The van der Waals surface area contributed by atoms with Gasteiger partial charge in [-0.1, -0.05) is 19.9 Å². The number of halogens is 2. The molecule has 112 valence electrons. The molecule has 1 saturated heterocycles. The summed E-state index contributed by atoms with van der Waals surface area (Å²) in [6.45, 7) is 5.90. The highest BCUT2D eigenvalue weighted by Gasteiger charge is 2.34. The molecule has 0 aliphatic carbocycles. The number of ether oxygens (including phenoxy) is 1. The zero-order valence-electron chi connectivity index (χ0n) is 12.2. The third-order valence-corrected chi connectivity index (χ3v) is 5.00.